The van der Waals surface area contributed by atoms with Crippen LogP contribution in [0.4, 0.5) is 0 Å². The first-order chi connectivity index (χ1) is 6.75. The van der Waals surface area contributed by atoms with Crippen LogP contribution in [-0.4, -0.2) is 4.98 Å². The highest BCUT2D eigenvalue weighted by Crippen LogP contribution is 2.23. The fourth-order valence-electron chi connectivity index (χ4n) is 1.45. The summed E-state index contributed by atoms with van der Waals surface area (Å²) in [5.41, 5.74) is 3.45. The molecule has 0 unspecified atom stereocenters. The lowest BCUT2D eigenvalue weighted by atomic mass is 10.1. The van der Waals surface area contributed by atoms with Gasteiger partial charge in [0.05, 0.1) is 0 Å². The summed E-state index contributed by atoms with van der Waals surface area (Å²) in [7, 11) is 0. The van der Waals surface area contributed by atoms with Crippen LogP contribution in [0, 0.1) is 6.92 Å². The van der Waals surface area contributed by atoms with Crippen molar-refractivity contribution in [1.29, 1.82) is 0 Å². The van der Waals surface area contributed by atoms with E-state index in [-0.39, 0.29) is 0 Å². The number of aryl methyl sites for hydroxylation is 1. The van der Waals surface area contributed by atoms with Crippen molar-refractivity contribution in [3.05, 3.63) is 53.3 Å². The number of benzene rings is 1. The normalized spacial score (nSPS) is 10.1. The first-order valence-corrected chi connectivity index (χ1v) is 4.81. The van der Waals surface area contributed by atoms with E-state index in [1.165, 1.54) is 5.56 Å². The molecule has 0 spiro atoms. The number of pyridine rings is 1. The van der Waals surface area contributed by atoms with Gasteiger partial charge in [0.1, 0.15) is 0 Å². The third kappa shape index (κ3) is 1.94. The summed E-state index contributed by atoms with van der Waals surface area (Å²) in [6.07, 6.45) is 3.57. The maximum atomic E-state index is 5.98. The zero-order valence-corrected chi connectivity index (χ0v) is 8.62. The molecule has 0 aliphatic carbocycles. The molecule has 1 aromatic carbocycles. The molecule has 70 valence electrons. The van der Waals surface area contributed by atoms with Crippen LogP contribution < -0.4 is 0 Å². The Balaban J connectivity index is 2.52. The molecule has 14 heavy (non-hydrogen) atoms. The second-order valence-corrected chi connectivity index (χ2v) is 3.69. The minimum Gasteiger partial charge on any atom is -0.265 e. The maximum Gasteiger partial charge on any atom is 0.0414 e. The van der Waals surface area contributed by atoms with Gasteiger partial charge in [0, 0.05) is 17.4 Å². The molecule has 0 atom stereocenters. The minimum absolute atomic E-state index is 0.775. The Labute approximate surface area is 88.4 Å². The number of rotatable bonds is 1. The monoisotopic (exact) mass is 203 g/mol. The van der Waals surface area contributed by atoms with Crippen molar-refractivity contribution in [2.24, 2.45) is 0 Å². The first-order valence-electron chi connectivity index (χ1n) is 4.43. The summed E-state index contributed by atoms with van der Waals surface area (Å²) < 4.78 is 0. The number of halogens is 1. The van der Waals surface area contributed by atoms with Crippen molar-refractivity contribution in [3.63, 3.8) is 0 Å². The molecule has 0 aliphatic rings. The van der Waals surface area contributed by atoms with Crippen LogP contribution in [0.25, 0.3) is 11.1 Å². The third-order valence-electron chi connectivity index (χ3n) is 2.06. The predicted octanol–water partition coefficient (Wildman–Crippen LogP) is 3.71. The number of hydrogen-bond donors (Lipinski definition) is 0. The molecule has 1 heterocycles. The molecule has 2 heteroatoms. The Bertz CT molecular complexity index is 417. The summed E-state index contributed by atoms with van der Waals surface area (Å²) in [5, 5.41) is 0.775. The molecule has 2 rings (SSSR count). The predicted molar refractivity (Wildman–Crippen MR) is 59.4 cm³/mol. The van der Waals surface area contributed by atoms with Crippen LogP contribution in [0.15, 0.2) is 42.7 Å². The lowest BCUT2D eigenvalue weighted by molar-refractivity contribution is 1.33. The number of hydrogen-bond acceptors (Lipinski definition) is 1. The number of nitrogens with zero attached hydrogens (tertiary/aromatic N) is 1. The van der Waals surface area contributed by atoms with E-state index in [0.29, 0.717) is 0 Å². The largest absolute Gasteiger partial charge is 0.265 e. The molecule has 0 radical (unpaired) electrons. The molecule has 0 saturated carbocycles. The summed E-state index contributed by atoms with van der Waals surface area (Å²) in [6.45, 7) is 2.04. The Kier molecular flexibility index (Phi) is 2.51. The summed E-state index contributed by atoms with van der Waals surface area (Å²) in [4.78, 5) is 3.98. The van der Waals surface area contributed by atoms with Crippen LogP contribution in [0.5, 0.6) is 0 Å². The molecule has 0 bridgehead atoms. The molecule has 1 nitrogen and oxygen atoms in total. The summed E-state index contributed by atoms with van der Waals surface area (Å²) in [6, 6.07) is 9.98. The molecule has 0 saturated heterocycles. The number of aromatic nitrogens is 1. The fraction of sp³-hybridized carbons (Fsp3) is 0.0833. The highest BCUT2D eigenvalue weighted by molar-refractivity contribution is 6.30. The standard InChI is InChI=1S/C12H10ClN/c1-9-6-11(8-12(13)7-9)10-2-4-14-5-3-10/h2-8H,1H3. The van der Waals surface area contributed by atoms with E-state index in [4.69, 9.17) is 11.6 Å². The van der Waals surface area contributed by atoms with Gasteiger partial charge in [-0.05, 0) is 47.9 Å². The average Bonchev–Trinajstić information content (AvgIpc) is 2.18. The second-order valence-electron chi connectivity index (χ2n) is 3.25. The lowest BCUT2D eigenvalue weighted by Gasteiger charge is -2.03. The molecule has 2 aromatic rings. The zero-order valence-electron chi connectivity index (χ0n) is 7.87. The van der Waals surface area contributed by atoms with Gasteiger partial charge in [-0.2, -0.15) is 0 Å². The highest BCUT2D eigenvalue weighted by Gasteiger charge is 1.99. The van der Waals surface area contributed by atoms with E-state index in [1.807, 2.05) is 31.2 Å². The summed E-state index contributed by atoms with van der Waals surface area (Å²) >= 11 is 5.98. The Hall–Kier alpha value is -1.34. The Morgan fingerprint density at radius 3 is 2.36 bits per heavy atom. The van der Waals surface area contributed by atoms with Gasteiger partial charge in [0.2, 0.25) is 0 Å². The zero-order chi connectivity index (χ0) is 9.97. The SMILES string of the molecule is Cc1cc(Cl)cc(-c2ccncc2)c1. The van der Waals surface area contributed by atoms with Crippen molar-refractivity contribution in [2.45, 2.75) is 6.92 Å². The Morgan fingerprint density at radius 2 is 1.71 bits per heavy atom. The van der Waals surface area contributed by atoms with Crippen LogP contribution in [0.3, 0.4) is 0 Å². The van der Waals surface area contributed by atoms with E-state index in [1.54, 1.807) is 12.4 Å². The van der Waals surface area contributed by atoms with Gasteiger partial charge in [-0.3, -0.25) is 4.98 Å². The van der Waals surface area contributed by atoms with Crippen LogP contribution in [0.1, 0.15) is 5.56 Å². The van der Waals surface area contributed by atoms with Crippen LogP contribution >= 0.6 is 11.6 Å². The van der Waals surface area contributed by atoms with Crippen molar-refractivity contribution in [2.75, 3.05) is 0 Å². The van der Waals surface area contributed by atoms with Crippen molar-refractivity contribution in [1.82, 2.24) is 4.98 Å². The van der Waals surface area contributed by atoms with Crippen molar-refractivity contribution in [3.8, 4) is 11.1 Å². The van der Waals surface area contributed by atoms with Crippen molar-refractivity contribution >= 4 is 11.6 Å². The smallest absolute Gasteiger partial charge is 0.0414 e. The van der Waals surface area contributed by atoms with Gasteiger partial charge in [0.15, 0.2) is 0 Å². The highest BCUT2D eigenvalue weighted by atomic mass is 35.5. The van der Waals surface area contributed by atoms with E-state index >= 15 is 0 Å². The van der Waals surface area contributed by atoms with Crippen molar-refractivity contribution < 1.29 is 0 Å². The van der Waals surface area contributed by atoms with Gasteiger partial charge in [0.25, 0.3) is 0 Å². The average molecular weight is 204 g/mol. The van der Waals surface area contributed by atoms with E-state index < -0.39 is 0 Å². The van der Waals surface area contributed by atoms with Gasteiger partial charge in [-0.25, -0.2) is 0 Å². The van der Waals surface area contributed by atoms with Gasteiger partial charge in [-0.15, -0.1) is 0 Å². The van der Waals surface area contributed by atoms with Crippen LogP contribution in [0.2, 0.25) is 5.02 Å². The van der Waals surface area contributed by atoms with E-state index in [9.17, 15) is 0 Å². The van der Waals surface area contributed by atoms with E-state index in [0.717, 1.165) is 16.1 Å². The molecular formula is C12H10ClN. The second kappa shape index (κ2) is 3.81. The molecule has 0 amide bonds. The molecule has 0 aliphatic heterocycles. The quantitative estimate of drug-likeness (QED) is 0.689. The third-order valence-corrected chi connectivity index (χ3v) is 2.27. The van der Waals surface area contributed by atoms with E-state index in [2.05, 4.69) is 11.1 Å². The fourth-order valence-corrected chi connectivity index (χ4v) is 1.74. The van der Waals surface area contributed by atoms with Gasteiger partial charge in [-0.1, -0.05) is 17.7 Å². The molecule has 0 N–H and O–H groups in total. The molecule has 0 fully saturated rings. The molecular weight excluding hydrogens is 194 g/mol. The van der Waals surface area contributed by atoms with Gasteiger partial charge >= 0.3 is 0 Å². The van der Waals surface area contributed by atoms with Crippen LogP contribution in [-0.2, 0) is 0 Å². The maximum absolute atomic E-state index is 5.98. The first kappa shape index (κ1) is 9.22. The molecule has 1 aromatic heterocycles. The Morgan fingerprint density at radius 1 is 1.00 bits per heavy atom. The minimum atomic E-state index is 0.775. The summed E-state index contributed by atoms with van der Waals surface area (Å²) in [5.74, 6) is 0. The topological polar surface area (TPSA) is 12.9 Å². The lowest BCUT2D eigenvalue weighted by Crippen LogP contribution is -1.80. The van der Waals surface area contributed by atoms with Gasteiger partial charge < -0.3 is 0 Å².